The second-order valence-electron chi connectivity index (χ2n) is 4.56. The SMILES string of the molecule is CC(Sc1ccc(Br)c2ncnc(N)c12)c1ncn(C)n1. The average molecular weight is 365 g/mol. The van der Waals surface area contributed by atoms with Crippen molar-refractivity contribution in [2.75, 3.05) is 5.73 Å². The van der Waals surface area contributed by atoms with Gasteiger partial charge in [0.05, 0.1) is 16.2 Å². The number of aryl methyl sites for hydroxylation is 1. The first-order valence-corrected chi connectivity index (χ1v) is 7.94. The maximum absolute atomic E-state index is 6.02. The van der Waals surface area contributed by atoms with E-state index in [1.165, 1.54) is 6.33 Å². The lowest BCUT2D eigenvalue weighted by Crippen LogP contribution is -1.98. The van der Waals surface area contributed by atoms with E-state index in [4.69, 9.17) is 5.73 Å². The molecule has 1 unspecified atom stereocenters. The second kappa shape index (κ2) is 5.61. The normalized spacial score (nSPS) is 12.7. The number of fused-ring (bicyclic) bond motifs is 1. The molecule has 0 saturated carbocycles. The number of rotatable bonds is 3. The molecule has 0 radical (unpaired) electrons. The predicted octanol–water partition coefficient (Wildman–Crippen LogP) is 2.96. The summed E-state index contributed by atoms with van der Waals surface area (Å²) in [4.78, 5) is 13.7. The Hall–Kier alpha value is -1.67. The van der Waals surface area contributed by atoms with Crippen molar-refractivity contribution in [2.24, 2.45) is 7.05 Å². The molecule has 0 bridgehead atoms. The molecule has 2 aromatic heterocycles. The van der Waals surface area contributed by atoms with E-state index >= 15 is 0 Å². The van der Waals surface area contributed by atoms with Crippen molar-refractivity contribution in [2.45, 2.75) is 17.1 Å². The average Bonchev–Trinajstić information content (AvgIpc) is 2.89. The topological polar surface area (TPSA) is 82.5 Å². The summed E-state index contributed by atoms with van der Waals surface area (Å²) in [7, 11) is 1.86. The Bertz CT molecular complexity index is 802. The van der Waals surface area contributed by atoms with Crippen LogP contribution in [-0.2, 0) is 7.05 Å². The van der Waals surface area contributed by atoms with Gasteiger partial charge in [-0.05, 0) is 35.0 Å². The Labute approximate surface area is 134 Å². The van der Waals surface area contributed by atoms with Crippen LogP contribution >= 0.6 is 27.7 Å². The Balaban J connectivity index is 2.03. The van der Waals surface area contributed by atoms with E-state index < -0.39 is 0 Å². The molecule has 0 fully saturated rings. The molecule has 21 heavy (non-hydrogen) atoms. The van der Waals surface area contributed by atoms with E-state index in [1.807, 2.05) is 19.2 Å². The molecule has 2 heterocycles. The van der Waals surface area contributed by atoms with Crippen LogP contribution in [0.3, 0.4) is 0 Å². The number of hydrogen-bond donors (Lipinski definition) is 1. The fraction of sp³-hybridized carbons (Fsp3) is 0.231. The van der Waals surface area contributed by atoms with E-state index in [0.717, 1.165) is 26.1 Å². The van der Waals surface area contributed by atoms with Gasteiger partial charge >= 0.3 is 0 Å². The lowest BCUT2D eigenvalue weighted by molar-refractivity contribution is 0.743. The first-order chi connectivity index (χ1) is 10.1. The molecule has 2 N–H and O–H groups in total. The molecular weight excluding hydrogens is 352 g/mol. The fourth-order valence-corrected chi connectivity index (χ4v) is 3.51. The summed E-state index contributed by atoms with van der Waals surface area (Å²) in [6.07, 6.45) is 3.17. The first kappa shape index (κ1) is 14.3. The summed E-state index contributed by atoms with van der Waals surface area (Å²) in [5.41, 5.74) is 6.84. The molecule has 8 heteroatoms. The molecule has 0 aliphatic rings. The molecule has 108 valence electrons. The van der Waals surface area contributed by atoms with Gasteiger partial charge in [-0.15, -0.1) is 11.8 Å². The minimum absolute atomic E-state index is 0.107. The Morgan fingerprint density at radius 2 is 2.10 bits per heavy atom. The van der Waals surface area contributed by atoms with Gasteiger partial charge in [-0.3, -0.25) is 4.68 Å². The highest BCUT2D eigenvalue weighted by Gasteiger charge is 2.16. The van der Waals surface area contributed by atoms with Crippen LogP contribution in [-0.4, -0.2) is 24.7 Å². The largest absolute Gasteiger partial charge is 0.383 e. The molecular formula is C13H13BrN6S. The van der Waals surface area contributed by atoms with Crippen molar-refractivity contribution in [1.29, 1.82) is 0 Å². The minimum atomic E-state index is 0.107. The third kappa shape index (κ3) is 2.73. The molecule has 3 aromatic rings. The Kier molecular flexibility index (Phi) is 3.81. The molecule has 0 spiro atoms. The third-order valence-corrected chi connectivity index (χ3v) is 4.81. The number of thioether (sulfide) groups is 1. The van der Waals surface area contributed by atoms with Crippen molar-refractivity contribution in [3.63, 3.8) is 0 Å². The van der Waals surface area contributed by atoms with E-state index in [0.29, 0.717) is 5.82 Å². The molecule has 6 nitrogen and oxygen atoms in total. The Morgan fingerprint density at radius 3 is 2.81 bits per heavy atom. The van der Waals surface area contributed by atoms with Gasteiger partial charge in [0.15, 0.2) is 5.82 Å². The van der Waals surface area contributed by atoms with Gasteiger partial charge in [-0.25, -0.2) is 15.0 Å². The molecule has 0 aliphatic heterocycles. The quantitative estimate of drug-likeness (QED) is 0.719. The molecule has 1 atom stereocenters. The maximum Gasteiger partial charge on any atom is 0.163 e. The second-order valence-corrected chi connectivity index (χ2v) is 6.80. The first-order valence-electron chi connectivity index (χ1n) is 6.27. The van der Waals surface area contributed by atoms with Gasteiger partial charge in [0.1, 0.15) is 18.5 Å². The molecule has 0 aliphatic carbocycles. The van der Waals surface area contributed by atoms with Crippen LogP contribution in [0.5, 0.6) is 0 Å². The summed E-state index contributed by atoms with van der Waals surface area (Å²) in [5, 5.41) is 5.31. The third-order valence-electron chi connectivity index (χ3n) is 3.01. The van der Waals surface area contributed by atoms with Crippen molar-refractivity contribution < 1.29 is 0 Å². The Morgan fingerprint density at radius 1 is 1.29 bits per heavy atom. The number of nitrogen functional groups attached to an aromatic ring is 1. The van der Waals surface area contributed by atoms with Gasteiger partial charge in [0.2, 0.25) is 0 Å². The maximum atomic E-state index is 6.02. The summed E-state index contributed by atoms with van der Waals surface area (Å²) >= 11 is 5.14. The molecule has 0 saturated heterocycles. The van der Waals surface area contributed by atoms with E-state index in [2.05, 4.69) is 42.9 Å². The highest BCUT2D eigenvalue weighted by molar-refractivity contribution is 9.10. The number of halogens is 1. The summed E-state index contributed by atoms with van der Waals surface area (Å²) in [6.45, 7) is 2.06. The van der Waals surface area contributed by atoms with Crippen molar-refractivity contribution in [3.05, 3.63) is 35.1 Å². The van der Waals surface area contributed by atoms with Crippen molar-refractivity contribution in [3.8, 4) is 0 Å². The van der Waals surface area contributed by atoms with Gasteiger partial charge in [0.25, 0.3) is 0 Å². The number of aromatic nitrogens is 5. The van der Waals surface area contributed by atoms with Crippen molar-refractivity contribution in [1.82, 2.24) is 24.7 Å². The van der Waals surface area contributed by atoms with E-state index in [1.54, 1.807) is 22.8 Å². The van der Waals surface area contributed by atoms with Gasteiger partial charge in [0, 0.05) is 16.4 Å². The zero-order chi connectivity index (χ0) is 15.0. The van der Waals surface area contributed by atoms with E-state index in [-0.39, 0.29) is 5.25 Å². The van der Waals surface area contributed by atoms with Crippen LogP contribution < -0.4 is 5.73 Å². The van der Waals surface area contributed by atoms with Crippen LogP contribution in [0.1, 0.15) is 18.0 Å². The van der Waals surface area contributed by atoms with Crippen LogP contribution in [0.15, 0.2) is 34.2 Å². The van der Waals surface area contributed by atoms with Gasteiger partial charge in [-0.1, -0.05) is 0 Å². The zero-order valence-corrected chi connectivity index (χ0v) is 13.9. The van der Waals surface area contributed by atoms with Crippen LogP contribution in [0, 0.1) is 0 Å². The summed E-state index contributed by atoms with van der Waals surface area (Å²) < 4.78 is 2.60. The van der Waals surface area contributed by atoms with Gasteiger partial charge in [-0.2, -0.15) is 5.10 Å². The molecule has 3 rings (SSSR count). The number of nitrogens with two attached hydrogens (primary N) is 1. The number of anilines is 1. The predicted molar refractivity (Wildman–Crippen MR) is 86.9 cm³/mol. The number of benzene rings is 1. The van der Waals surface area contributed by atoms with Crippen molar-refractivity contribution >= 4 is 44.4 Å². The standard InChI is InChI=1S/C13H13BrN6S/c1-7(13-18-6-20(2)19-13)21-9-4-3-8(14)11-10(9)12(15)17-5-16-11/h3-7H,1-2H3,(H2,15,16,17). The minimum Gasteiger partial charge on any atom is -0.383 e. The molecule has 0 amide bonds. The lowest BCUT2D eigenvalue weighted by atomic mass is 10.2. The monoisotopic (exact) mass is 364 g/mol. The zero-order valence-electron chi connectivity index (χ0n) is 11.5. The van der Waals surface area contributed by atoms with Crippen LogP contribution in [0.4, 0.5) is 5.82 Å². The van der Waals surface area contributed by atoms with Crippen LogP contribution in [0.2, 0.25) is 0 Å². The highest BCUT2D eigenvalue weighted by atomic mass is 79.9. The summed E-state index contributed by atoms with van der Waals surface area (Å²) in [6, 6.07) is 3.98. The smallest absolute Gasteiger partial charge is 0.163 e. The highest BCUT2D eigenvalue weighted by Crippen LogP contribution is 2.40. The number of hydrogen-bond acceptors (Lipinski definition) is 6. The van der Waals surface area contributed by atoms with Crippen LogP contribution in [0.25, 0.3) is 10.9 Å². The lowest BCUT2D eigenvalue weighted by Gasteiger charge is -2.11. The van der Waals surface area contributed by atoms with E-state index in [9.17, 15) is 0 Å². The fourth-order valence-electron chi connectivity index (χ4n) is 2.02. The summed E-state index contributed by atoms with van der Waals surface area (Å²) in [5.74, 6) is 1.26. The number of nitrogens with zero attached hydrogens (tertiary/aromatic N) is 5. The van der Waals surface area contributed by atoms with Gasteiger partial charge < -0.3 is 5.73 Å². The molecule has 1 aromatic carbocycles.